The van der Waals surface area contributed by atoms with E-state index in [1.807, 2.05) is 0 Å². The standard InChI is InChI=1S/C18H32N2O4/c1-13(2)16(11-17(21)23-4)15-8-6-10-24-18(15)19-20-9-5-7-14(20)12-22-3/h13-16H,5-12H2,1-4H3/b19-18+/t14-,15-,16+/m0/s1. The summed E-state index contributed by atoms with van der Waals surface area (Å²) < 4.78 is 16.1. The quantitative estimate of drug-likeness (QED) is 0.667. The van der Waals surface area contributed by atoms with Crippen LogP contribution in [0.15, 0.2) is 5.10 Å². The van der Waals surface area contributed by atoms with Crippen molar-refractivity contribution in [3.05, 3.63) is 0 Å². The zero-order valence-electron chi connectivity index (χ0n) is 15.5. The van der Waals surface area contributed by atoms with Crippen LogP contribution in [-0.4, -0.2) is 56.9 Å². The molecule has 2 heterocycles. The summed E-state index contributed by atoms with van der Waals surface area (Å²) in [4.78, 5) is 11.8. The van der Waals surface area contributed by atoms with Crippen LogP contribution in [0.1, 0.15) is 46.0 Å². The highest BCUT2D eigenvalue weighted by Crippen LogP contribution is 2.33. The van der Waals surface area contributed by atoms with E-state index in [0.717, 1.165) is 38.1 Å². The number of methoxy groups -OCH3 is 2. The minimum atomic E-state index is -0.156. The van der Waals surface area contributed by atoms with Gasteiger partial charge in [0, 0.05) is 26.0 Å². The summed E-state index contributed by atoms with van der Waals surface area (Å²) in [5, 5.41) is 6.97. The summed E-state index contributed by atoms with van der Waals surface area (Å²) in [7, 11) is 3.18. The maximum absolute atomic E-state index is 11.8. The summed E-state index contributed by atoms with van der Waals surface area (Å²) >= 11 is 0. The Labute approximate surface area is 145 Å². The number of hydrazone groups is 1. The number of carbonyl (C=O) groups excluding carboxylic acids is 1. The highest BCUT2D eigenvalue weighted by molar-refractivity contribution is 5.80. The van der Waals surface area contributed by atoms with E-state index < -0.39 is 0 Å². The largest absolute Gasteiger partial charge is 0.480 e. The van der Waals surface area contributed by atoms with Gasteiger partial charge in [0.25, 0.3) is 0 Å². The molecule has 2 fully saturated rings. The van der Waals surface area contributed by atoms with Crippen molar-refractivity contribution < 1.29 is 19.0 Å². The molecular formula is C18H32N2O4. The number of rotatable bonds is 7. The van der Waals surface area contributed by atoms with Crippen molar-refractivity contribution in [2.24, 2.45) is 22.9 Å². The molecule has 0 aliphatic carbocycles. The highest BCUT2D eigenvalue weighted by atomic mass is 16.5. The van der Waals surface area contributed by atoms with Crippen LogP contribution in [0.4, 0.5) is 0 Å². The van der Waals surface area contributed by atoms with E-state index in [0.29, 0.717) is 31.6 Å². The third-order valence-corrected chi connectivity index (χ3v) is 5.16. The maximum Gasteiger partial charge on any atom is 0.305 e. The molecule has 3 atom stereocenters. The lowest BCUT2D eigenvalue weighted by Crippen LogP contribution is -2.38. The fourth-order valence-electron chi connectivity index (χ4n) is 3.77. The second kappa shape index (κ2) is 9.25. The summed E-state index contributed by atoms with van der Waals surface area (Å²) in [6.07, 6.45) is 4.68. The van der Waals surface area contributed by atoms with E-state index in [4.69, 9.17) is 19.3 Å². The minimum absolute atomic E-state index is 0.156. The van der Waals surface area contributed by atoms with Gasteiger partial charge in [0.1, 0.15) is 0 Å². The van der Waals surface area contributed by atoms with Crippen molar-refractivity contribution in [3.8, 4) is 0 Å². The van der Waals surface area contributed by atoms with E-state index in [-0.39, 0.29) is 17.8 Å². The van der Waals surface area contributed by atoms with E-state index in [1.165, 1.54) is 7.11 Å². The molecular weight excluding hydrogens is 308 g/mol. The van der Waals surface area contributed by atoms with Gasteiger partial charge in [-0.25, -0.2) is 0 Å². The van der Waals surface area contributed by atoms with Gasteiger partial charge in [-0.15, -0.1) is 5.10 Å². The van der Waals surface area contributed by atoms with Crippen LogP contribution >= 0.6 is 0 Å². The van der Waals surface area contributed by atoms with E-state index in [1.54, 1.807) is 7.11 Å². The molecule has 138 valence electrons. The Morgan fingerprint density at radius 2 is 2.12 bits per heavy atom. The lowest BCUT2D eigenvalue weighted by Gasteiger charge is -2.34. The van der Waals surface area contributed by atoms with Gasteiger partial charge in [0.05, 0.1) is 26.4 Å². The Balaban J connectivity index is 2.15. The van der Waals surface area contributed by atoms with Crippen LogP contribution < -0.4 is 0 Å². The molecule has 24 heavy (non-hydrogen) atoms. The minimum Gasteiger partial charge on any atom is -0.480 e. The maximum atomic E-state index is 11.8. The van der Waals surface area contributed by atoms with Gasteiger partial charge in [-0.1, -0.05) is 13.8 Å². The molecule has 2 aliphatic heterocycles. The number of esters is 1. The lowest BCUT2D eigenvalue weighted by atomic mass is 9.78. The average molecular weight is 340 g/mol. The fourth-order valence-corrected chi connectivity index (χ4v) is 3.77. The van der Waals surface area contributed by atoms with Gasteiger partial charge in [0.2, 0.25) is 5.90 Å². The Bertz CT molecular complexity index is 439. The van der Waals surface area contributed by atoms with Gasteiger partial charge in [-0.2, -0.15) is 0 Å². The number of ether oxygens (including phenoxy) is 3. The first kappa shape index (κ1) is 19.0. The zero-order valence-corrected chi connectivity index (χ0v) is 15.5. The normalized spacial score (nSPS) is 27.4. The molecule has 0 aromatic rings. The molecule has 0 bridgehead atoms. The molecule has 0 aromatic carbocycles. The molecule has 0 amide bonds. The molecule has 6 heteroatoms. The molecule has 2 saturated heterocycles. The van der Waals surface area contributed by atoms with Crippen LogP contribution in [0, 0.1) is 17.8 Å². The first-order chi connectivity index (χ1) is 11.6. The van der Waals surface area contributed by atoms with Crippen LogP contribution in [0.5, 0.6) is 0 Å². The summed E-state index contributed by atoms with van der Waals surface area (Å²) in [6, 6.07) is 0.326. The molecule has 6 nitrogen and oxygen atoms in total. The molecule has 0 saturated carbocycles. The van der Waals surface area contributed by atoms with Crippen molar-refractivity contribution >= 4 is 11.9 Å². The van der Waals surface area contributed by atoms with Crippen molar-refractivity contribution in [1.82, 2.24) is 5.01 Å². The second-order valence-electron chi connectivity index (χ2n) is 7.14. The molecule has 0 aromatic heterocycles. The van der Waals surface area contributed by atoms with Crippen molar-refractivity contribution in [2.45, 2.75) is 52.0 Å². The average Bonchev–Trinajstić information content (AvgIpc) is 3.00. The molecule has 0 unspecified atom stereocenters. The Morgan fingerprint density at radius 3 is 2.79 bits per heavy atom. The van der Waals surface area contributed by atoms with Crippen LogP contribution in [0.25, 0.3) is 0 Å². The van der Waals surface area contributed by atoms with E-state index in [2.05, 4.69) is 18.9 Å². The van der Waals surface area contributed by atoms with E-state index >= 15 is 0 Å². The number of hydrogen-bond donors (Lipinski definition) is 0. The summed E-state index contributed by atoms with van der Waals surface area (Å²) in [5.41, 5.74) is 0. The number of nitrogens with zero attached hydrogens (tertiary/aromatic N) is 2. The fraction of sp³-hybridized carbons (Fsp3) is 0.889. The van der Waals surface area contributed by atoms with Gasteiger partial charge >= 0.3 is 5.97 Å². The second-order valence-corrected chi connectivity index (χ2v) is 7.14. The Kier molecular flexibility index (Phi) is 7.34. The van der Waals surface area contributed by atoms with Crippen LogP contribution in [0.3, 0.4) is 0 Å². The topological polar surface area (TPSA) is 60.4 Å². The van der Waals surface area contributed by atoms with Crippen LogP contribution in [0.2, 0.25) is 0 Å². The van der Waals surface area contributed by atoms with Gasteiger partial charge < -0.3 is 14.2 Å². The van der Waals surface area contributed by atoms with Gasteiger partial charge in [-0.05, 0) is 37.5 Å². The van der Waals surface area contributed by atoms with Crippen LogP contribution in [-0.2, 0) is 19.0 Å². The van der Waals surface area contributed by atoms with Gasteiger partial charge in [0.15, 0.2) is 0 Å². The third-order valence-electron chi connectivity index (χ3n) is 5.16. The van der Waals surface area contributed by atoms with Crippen molar-refractivity contribution in [1.29, 1.82) is 0 Å². The Hall–Kier alpha value is -1.30. The molecule has 0 radical (unpaired) electrons. The molecule has 0 spiro atoms. The molecule has 2 aliphatic rings. The number of hydrogen-bond acceptors (Lipinski definition) is 6. The summed E-state index contributed by atoms with van der Waals surface area (Å²) in [5.74, 6) is 1.39. The smallest absolute Gasteiger partial charge is 0.305 e. The Morgan fingerprint density at radius 1 is 1.33 bits per heavy atom. The predicted molar refractivity (Wildman–Crippen MR) is 92.7 cm³/mol. The monoisotopic (exact) mass is 340 g/mol. The first-order valence-electron chi connectivity index (χ1n) is 9.10. The zero-order chi connectivity index (χ0) is 17.5. The highest BCUT2D eigenvalue weighted by Gasteiger charge is 2.35. The molecule has 2 rings (SSSR count). The molecule has 0 N–H and O–H groups in total. The number of carbonyl (C=O) groups is 1. The van der Waals surface area contributed by atoms with Crippen molar-refractivity contribution in [2.75, 3.05) is 34.0 Å². The summed E-state index contributed by atoms with van der Waals surface area (Å²) in [6.45, 7) is 6.65. The predicted octanol–water partition coefficient (Wildman–Crippen LogP) is 2.67. The van der Waals surface area contributed by atoms with Gasteiger partial charge in [-0.3, -0.25) is 9.80 Å². The SMILES string of the molecule is COC[C@@H]1CCCN1/N=C1/OCCC[C@H]1[C@H](CC(=O)OC)C(C)C. The van der Waals surface area contributed by atoms with E-state index in [9.17, 15) is 4.79 Å². The third kappa shape index (κ3) is 4.85. The lowest BCUT2D eigenvalue weighted by molar-refractivity contribution is -0.142. The van der Waals surface area contributed by atoms with Crippen molar-refractivity contribution in [3.63, 3.8) is 0 Å². The first-order valence-corrected chi connectivity index (χ1v) is 9.10.